The van der Waals surface area contributed by atoms with Gasteiger partial charge in [0, 0.05) is 0 Å². The summed E-state index contributed by atoms with van der Waals surface area (Å²) in [6.45, 7) is 0.382. The van der Waals surface area contributed by atoms with Crippen LogP contribution in [-0.4, -0.2) is 39.4 Å². The first-order valence-corrected chi connectivity index (χ1v) is 9.33. The third kappa shape index (κ3) is 4.86. The van der Waals surface area contributed by atoms with Crippen molar-refractivity contribution in [3.05, 3.63) is 54.1 Å². The van der Waals surface area contributed by atoms with Crippen LogP contribution in [-0.2, 0) is 14.0 Å². The average molecular weight is 408 g/mol. The molecule has 0 N–H and O–H groups in total. The lowest BCUT2D eigenvalue weighted by Gasteiger charge is -2.41. The number of fused-ring (bicyclic) bond motifs is 1. The van der Waals surface area contributed by atoms with Gasteiger partial charge in [-0.05, 0) is 48.1 Å². The monoisotopic (exact) mass is 408 g/mol. The minimum atomic E-state index is -4.70. The van der Waals surface area contributed by atoms with Crippen LogP contribution in [0.3, 0.4) is 0 Å². The van der Waals surface area contributed by atoms with Crippen molar-refractivity contribution in [1.82, 2.24) is 0 Å². The number of ether oxygens (including phenoxy) is 3. The number of halogens is 3. The molecule has 9 heteroatoms. The van der Waals surface area contributed by atoms with Gasteiger partial charge >= 0.3 is 13.5 Å². The van der Waals surface area contributed by atoms with Crippen molar-refractivity contribution >= 4 is 12.6 Å². The zero-order valence-electron chi connectivity index (χ0n) is 15.7. The first-order valence-electron chi connectivity index (χ1n) is 9.33. The lowest BCUT2D eigenvalue weighted by atomic mass is 9.76. The van der Waals surface area contributed by atoms with Gasteiger partial charge in [0.25, 0.3) is 0 Å². The molecule has 5 nitrogen and oxygen atoms in total. The number of benzene rings is 2. The molecule has 0 aliphatic carbocycles. The minimum absolute atomic E-state index is 0.0973. The molecule has 3 atom stereocenters. The minimum Gasteiger partial charge on any atom is -0.497 e. The number of rotatable bonds is 4. The van der Waals surface area contributed by atoms with E-state index in [9.17, 15) is 13.2 Å². The number of hydrogen-bond donors (Lipinski definition) is 0. The van der Waals surface area contributed by atoms with Crippen molar-refractivity contribution in [2.75, 3.05) is 13.7 Å². The summed E-state index contributed by atoms with van der Waals surface area (Å²) in [5.74, 6) is 0.513. The fourth-order valence-corrected chi connectivity index (χ4v) is 3.62. The van der Waals surface area contributed by atoms with Crippen molar-refractivity contribution in [2.45, 2.75) is 37.5 Å². The molecule has 0 bridgehead atoms. The van der Waals surface area contributed by atoms with Gasteiger partial charge < -0.3 is 23.5 Å². The van der Waals surface area contributed by atoms with E-state index in [0.717, 1.165) is 23.2 Å². The molecule has 2 aromatic rings. The molecule has 0 saturated carbocycles. The zero-order valence-corrected chi connectivity index (χ0v) is 15.7. The Kier molecular flexibility index (Phi) is 5.71. The molecular weight excluding hydrogens is 388 g/mol. The van der Waals surface area contributed by atoms with Gasteiger partial charge in [-0.3, -0.25) is 0 Å². The highest BCUT2D eigenvalue weighted by Crippen LogP contribution is 2.35. The average Bonchev–Trinajstić information content (AvgIpc) is 2.72. The molecule has 0 aromatic heterocycles. The second-order valence-electron chi connectivity index (χ2n) is 6.97. The highest BCUT2D eigenvalue weighted by atomic mass is 19.4. The van der Waals surface area contributed by atoms with E-state index in [0.29, 0.717) is 13.0 Å². The highest BCUT2D eigenvalue weighted by molar-refractivity contribution is 6.61. The number of alkyl halides is 3. The molecule has 2 fully saturated rings. The Labute approximate surface area is 166 Å². The summed E-state index contributed by atoms with van der Waals surface area (Å²) >= 11 is 0. The summed E-state index contributed by atoms with van der Waals surface area (Å²) in [7, 11) is 1.15. The SMILES string of the molecule is COc1ccc(B2OC[C@H]3O[C@@H](c4ccc(OC(F)(F)F)cc4)CC[C@@H]3O2)cc1. The van der Waals surface area contributed by atoms with Crippen molar-refractivity contribution in [3.8, 4) is 11.5 Å². The summed E-state index contributed by atoms with van der Waals surface area (Å²) in [4.78, 5) is 0. The van der Waals surface area contributed by atoms with Crippen LogP contribution in [0, 0.1) is 0 Å². The molecule has 0 unspecified atom stereocenters. The topological polar surface area (TPSA) is 46.2 Å². The molecular formula is C20H20BF3O5. The van der Waals surface area contributed by atoms with E-state index in [1.807, 2.05) is 24.3 Å². The molecule has 29 heavy (non-hydrogen) atoms. The largest absolute Gasteiger partial charge is 0.573 e. The lowest BCUT2D eigenvalue weighted by Crippen LogP contribution is -2.54. The van der Waals surface area contributed by atoms with E-state index in [1.54, 1.807) is 19.2 Å². The zero-order chi connectivity index (χ0) is 20.4. The lowest BCUT2D eigenvalue weighted by molar-refractivity contribution is -0.274. The van der Waals surface area contributed by atoms with Crippen LogP contribution < -0.4 is 14.9 Å². The van der Waals surface area contributed by atoms with Crippen molar-refractivity contribution in [2.24, 2.45) is 0 Å². The maximum atomic E-state index is 12.3. The van der Waals surface area contributed by atoms with Crippen LogP contribution in [0.25, 0.3) is 0 Å². The summed E-state index contributed by atoms with van der Waals surface area (Å²) < 4.78 is 64.0. The van der Waals surface area contributed by atoms with E-state index in [-0.39, 0.29) is 24.1 Å². The molecule has 2 aliphatic rings. The van der Waals surface area contributed by atoms with Crippen LogP contribution in [0.1, 0.15) is 24.5 Å². The molecule has 2 saturated heterocycles. The smallest absolute Gasteiger partial charge is 0.497 e. The summed E-state index contributed by atoms with van der Waals surface area (Å²) in [6.07, 6.45) is -3.77. The third-order valence-corrected chi connectivity index (χ3v) is 5.05. The van der Waals surface area contributed by atoms with Gasteiger partial charge in [0.05, 0.1) is 25.9 Å². The fraction of sp³-hybridized carbons (Fsp3) is 0.400. The second-order valence-corrected chi connectivity index (χ2v) is 6.97. The maximum absolute atomic E-state index is 12.3. The highest BCUT2D eigenvalue weighted by Gasteiger charge is 2.41. The molecule has 0 amide bonds. The van der Waals surface area contributed by atoms with Crippen LogP contribution >= 0.6 is 0 Å². The number of methoxy groups -OCH3 is 1. The van der Waals surface area contributed by atoms with E-state index in [2.05, 4.69) is 4.74 Å². The molecule has 0 spiro atoms. The molecule has 2 heterocycles. The Morgan fingerprint density at radius 1 is 0.931 bits per heavy atom. The molecule has 4 rings (SSSR count). The summed E-state index contributed by atoms with van der Waals surface area (Å²) in [5, 5.41) is 0. The Balaban J connectivity index is 1.35. The van der Waals surface area contributed by atoms with Crippen LogP contribution in [0.5, 0.6) is 11.5 Å². The van der Waals surface area contributed by atoms with Gasteiger partial charge in [-0.25, -0.2) is 0 Å². The molecule has 2 aromatic carbocycles. The van der Waals surface area contributed by atoms with Crippen molar-refractivity contribution in [3.63, 3.8) is 0 Å². The van der Waals surface area contributed by atoms with Gasteiger partial charge in [0.15, 0.2) is 0 Å². The maximum Gasteiger partial charge on any atom is 0.573 e. The van der Waals surface area contributed by atoms with Gasteiger partial charge in [-0.15, -0.1) is 13.2 Å². The normalized spacial score (nSPS) is 24.7. The second kappa shape index (κ2) is 8.26. The van der Waals surface area contributed by atoms with E-state index >= 15 is 0 Å². The Morgan fingerprint density at radius 2 is 1.62 bits per heavy atom. The summed E-state index contributed by atoms with van der Waals surface area (Å²) in [5.41, 5.74) is 1.71. The van der Waals surface area contributed by atoms with E-state index < -0.39 is 13.5 Å². The molecule has 2 aliphatic heterocycles. The predicted octanol–water partition coefficient (Wildman–Crippen LogP) is 3.62. The predicted molar refractivity (Wildman–Crippen MR) is 99.2 cm³/mol. The Bertz CT molecular complexity index is 812. The van der Waals surface area contributed by atoms with Crippen LogP contribution in [0.4, 0.5) is 13.2 Å². The Morgan fingerprint density at radius 3 is 2.28 bits per heavy atom. The van der Waals surface area contributed by atoms with Crippen LogP contribution in [0.15, 0.2) is 48.5 Å². The van der Waals surface area contributed by atoms with Gasteiger partial charge in [0.1, 0.15) is 17.6 Å². The quantitative estimate of drug-likeness (QED) is 0.724. The number of hydrogen-bond acceptors (Lipinski definition) is 5. The van der Waals surface area contributed by atoms with Crippen molar-refractivity contribution in [1.29, 1.82) is 0 Å². The fourth-order valence-electron chi connectivity index (χ4n) is 3.62. The molecule has 0 radical (unpaired) electrons. The first-order chi connectivity index (χ1) is 13.9. The van der Waals surface area contributed by atoms with Gasteiger partial charge in [-0.1, -0.05) is 24.3 Å². The van der Waals surface area contributed by atoms with E-state index in [1.165, 1.54) is 12.1 Å². The molecule has 154 valence electrons. The standard InChI is InChI=1S/C20H20BF3O5/c1-25-15-8-4-14(5-9-15)21-26-12-19-18(29-21)11-10-17(27-19)13-2-6-16(7-3-13)28-20(22,23)24/h2-9,17-19H,10-12H2,1H3/t17-,18+,19-/m1/s1. The van der Waals surface area contributed by atoms with Crippen LogP contribution in [0.2, 0.25) is 0 Å². The first kappa shape index (κ1) is 20.1. The van der Waals surface area contributed by atoms with Crippen molar-refractivity contribution < 1.29 is 36.7 Å². The summed E-state index contributed by atoms with van der Waals surface area (Å²) in [6, 6.07) is 13.3. The third-order valence-electron chi connectivity index (χ3n) is 5.05. The van der Waals surface area contributed by atoms with Gasteiger partial charge in [0.2, 0.25) is 0 Å². The van der Waals surface area contributed by atoms with Gasteiger partial charge in [-0.2, -0.15) is 0 Å². The Hall–Kier alpha value is -2.23. The van der Waals surface area contributed by atoms with E-state index in [4.69, 9.17) is 18.8 Å².